The summed E-state index contributed by atoms with van der Waals surface area (Å²) < 4.78 is 0. The maximum atomic E-state index is 11.5. The first kappa shape index (κ1) is 15.0. The second-order valence-electron chi connectivity index (χ2n) is 4.54. The van der Waals surface area contributed by atoms with E-state index in [2.05, 4.69) is 0 Å². The molecule has 0 bridgehead atoms. The summed E-state index contributed by atoms with van der Waals surface area (Å²) in [6.45, 7) is 0. The number of rotatable bonds is 5. The molecule has 2 aromatic carbocycles. The second kappa shape index (κ2) is 6.37. The number of nitro groups is 1. The van der Waals surface area contributed by atoms with Gasteiger partial charge in [0, 0.05) is 16.7 Å². The number of halogens is 1. The molecule has 1 unspecified atom stereocenters. The monoisotopic (exact) mass is 305 g/mol. The van der Waals surface area contributed by atoms with Gasteiger partial charge in [0.25, 0.3) is 5.69 Å². The van der Waals surface area contributed by atoms with Crippen LogP contribution in [0.25, 0.3) is 0 Å². The molecule has 108 valence electrons. The van der Waals surface area contributed by atoms with Crippen molar-refractivity contribution in [3.05, 3.63) is 74.8 Å². The molecule has 0 spiro atoms. The van der Waals surface area contributed by atoms with Crippen LogP contribution in [-0.2, 0) is 11.2 Å². The van der Waals surface area contributed by atoms with Gasteiger partial charge in [0.2, 0.25) is 0 Å². The van der Waals surface area contributed by atoms with Crippen LogP contribution in [0.2, 0.25) is 5.02 Å². The molecule has 0 radical (unpaired) electrons. The van der Waals surface area contributed by atoms with Crippen molar-refractivity contribution in [1.82, 2.24) is 0 Å². The average molecular weight is 306 g/mol. The summed E-state index contributed by atoms with van der Waals surface area (Å²) in [6, 6.07) is 12.7. The zero-order valence-electron chi connectivity index (χ0n) is 10.9. The average Bonchev–Trinajstić information content (AvgIpc) is 2.46. The Kier molecular flexibility index (Phi) is 4.55. The predicted molar refractivity (Wildman–Crippen MR) is 78.6 cm³/mol. The van der Waals surface area contributed by atoms with Crippen molar-refractivity contribution in [2.24, 2.45) is 0 Å². The molecular weight excluding hydrogens is 294 g/mol. The lowest BCUT2D eigenvalue weighted by molar-refractivity contribution is -0.385. The topological polar surface area (TPSA) is 80.4 Å². The highest BCUT2D eigenvalue weighted by Gasteiger charge is 2.27. The van der Waals surface area contributed by atoms with Gasteiger partial charge in [-0.3, -0.25) is 14.9 Å². The van der Waals surface area contributed by atoms with E-state index in [1.807, 2.05) is 0 Å². The molecule has 0 aliphatic heterocycles. The lowest BCUT2D eigenvalue weighted by Crippen LogP contribution is -2.16. The van der Waals surface area contributed by atoms with Crippen molar-refractivity contribution >= 4 is 23.3 Å². The van der Waals surface area contributed by atoms with Crippen molar-refractivity contribution in [2.75, 3.05) is 0 Å². The lowest BCUT2D eigenvalue weighted by Gasteiger charge is -2.13. The molecule has 0 aliphatic carbocycles. The van der Waals surface area contributed by atoms with E-state index in [4.69, 9.17) is 11.6 Å². The summed E-state index contributed by atoms with van der Waals surface area (Å²) in [5.74, 6) is -2.08. The van der Waals surface area contributed by atoms with Crippen molar-refractivity contribution < 1.29 is 14.8 Å². The largest absolute Gasteiger partial charge is 0.481 e. The van der Waals surface area contributed by atoms with E-state index >= 15 is 0 Å². The number of carbonyl (C=O) groups is 1. The summed E-state index contributed by atoms with van der Waals surface area (Å²) >= 11 is 5.79. The smallest absolute Gasteiger partial charge is 0.311 e. The lowest BCUT2D eigenvalue weighted by atomic mass is 9.91. The third-order valence-electron chi connectivity index (χ3n) is 3.16. The summed E-state index contributed by atoms with van der Waals surface area (Å²) in [7, 11) is 0. The van der Waals surface area contributed by atoms with Crippen molar-refractivity contribution in [3.63, 3.8) is 0 Å². The number of hydrogen-bond donors (Lipinski definition) is 1. The first-order valence-corrected chi connectivity index (χ1v) is 6.57. The SMILES string of the molecule is O=C(O)C(Cc1ccc(Cl)cc1)c1ccccc1[N+](=O)[O-]. The zero-order chi connectivity index (χ0) is 15.4. The van der Waals surface area contributed by atoms with Gasteiger partial charge in [-0.25, -0.2) is 0 Å². The molecule has 2 rings (SSSR count). The minimum absolute atomic E-state index is 0.164. The van der Waals surface area contributed by atoms with Crippen LogP contribution in [0.4, 0.5) is 5.69 Å². The third-order valence-corrected chi connectivity index (χ3v) is 3.41. The Balaban J connectivity index is 2.38. The maximum absolute atomic E-state index is 11.5. The highest BCUT2D eigenvalue weighted by atomic mass is 35.5. The van der Waals surface area contributed by atoms with E-state index in [-0.39, 0.29) is 17.7 Å². The van der Waals surface area contributed by atoms with Crippen LogP contribution < -0.4 is 0 Å². The van der Waals surface area contributed by atoms with Crippen LogP contribution in [-0.4, -0.2) is 16.0 Å². The summed E-state index contributed by atoms with van der Waals surface area (Å²) in [6.07, 6.45) is 0.164. The molecule has 21 heavy (non-hydrogen) atoms. The normalized spacial score (nSPS) is 11.9. The fraction of sp³-hybridized carbons (Fsp3) is 0.133. The Labute approximate surface area is 125 Å². The number of para-hydroxylation sites is 1. The Hall–Kier alpha value is -2.40. The van der Waals surface area contributed by atoms with Gasteiger partial charge in [-0.2, -0.15) is 0 Å². The van der Waals surface area contributed by atoms with Crippen molar-refractivity contribution in [3.8, 4) is 0 Å². The Morgan fingerprint density at radius 2 is 1.81 bits per heavy atom. The Bertz CT molecular complexity index is 670. The summed E-state index contributed by atoms with van der Waals surface area (Å²) in [4.78, 5) is 22.0. The van der Waals surface area contributed by atoms with Crippen LogP contribution in [0.1, 0.15) is 17.0 Å². The fourth-order valence-corrected chi connectivity index (χ4v) is 2.26. The Morgan fingerprint density at radius 1 is 1.19 bits per heavy atom. The number of carboxylic acid groups (broad SMARTS) is 1. The van der Waals surface area contributed by atoms with E-state index in [0.717, 1.165) is 5.56 Å². The van der Waals surface area contributed by atoms with Crippen LogP contribution in [0.15, 0.2) is 48.5 Å². The van der Waals surface area contributed by atoms with Gasteiger partial charge in [-0.1, -0.05) is 41.9 Å². The molecular formula is C15H12ClNO4. The Morgan fingerprint density at radius 3 is 2.38 bits per heavy atom. The van der Waals surface area contributed by atoms with E-state index in [1.54, 1.807) is 30.3 Å². The van der Waals surface area contributed by atoms with E-state index in [0.29, 0.717) is 5.02 Å². The maximum Gasteiger partial charge on any atom is 0.311 e. The van der Waals surface area contributed by atoms with Gasteiger partial charge in [0.15, 0.2) is 0 Å². The van der Waals surface area contributed by atoms with Crippen molar-refractivity contribution in [2.45, 2.75) is 12.3 Å². The number of nitrogens with zero attached hydrogens (tertiary/aromatic N) is 1. The molecule has 0 amide bonds. The molecule has 6 heteroatoms. The molecule has 0 aliphatic rings. The molecule has 0 aromatic heterocycles. The fourth-order valence-electron chi connectivity index (χ4n) is 2.13. The van der Waals surface area contributed by atoms with E-state index < -0.39 is 16.8 Å². The number of carboxylic acids is 1. The molecule has 0 saturated heterocycles. The second-order valence-corrected chi connectivity index (χ2v) is 4.97. The predicted octanol–water partition coefficient (Wildman–Crippen LogP) is 3.66. The molecule has 5 nitrogen and oxygen atoms in total. The highest BCUT2D eigenvalue weighted by molar-refractivity contribution is 6.30. The third kappa shape index (κ3) is 3.58. The van der Waals surface area contributed by atoms with Crippen LogP contribution in [0.3, 0.4) is 0 Å². The van der Waals surface area contributed by atoms with Gasteiger partial charge >= 0.3 is 5.97 Å². The van der Waals surface area contributed by atoms with E-state index in [9.17, 15) is 20.0 Å². The van der Waals surface area contributed by atoms with Gasteiger partial charge in [-0.15, -0.1) is 0 Å². The highest BCUT2D eigenvalue weighted by Crippen LogP contribution is 2.29. The van der Waals surface area contributed by atoms with E-state index in [1.165, 1.54) is 18.2 Å². The molecule has 0 fully saturated rings. The minimum atomic E-state index is -1.10. The summed E-state index contributed by atoms with van der Waals surface area (Å²) in [5.41, 5.74) is 0.772. The zero-order valence-corrected chi connectivity index (χ0v) is 11.7. The molecule has 1 N–H and O–H groups in total. The summed E-state index contributed by atoms with van der Waals surface area (Å²) in [5, 5.41) is 21.0. The standard InChI is InChI=1S/C15H12ClNO4/c16-11-7-5-10(6-8-11)9-13(15(18)19)12-3-1-2-4-14(12)17(20)21/h1-8,13H,9H2,(H,18,19). The van der Waals surface area contributed by atoms with Crippen molar-refractivity contribution in [1.29, 1.82) is 0 Å². The van der Waals surface area contributed by atoms with Crippen LogP contribution >= 0.6 is 11.6 Å². The first-order valence-electron chi connectivity index (χ1n) is 6.19. The number of benzene rings is 2. The molecule has 1 atom stereocenters. The van der Waals surface area contributed by atoms with Gasteiger partial charge in [0.05, 0.1) is 10.8 Å². The van der Waals surface area contributed by atoms with Gasteiger partial charge in [0.1, 0.15) is 0 Å². The van der Waals surface area contributed by atoms with Gasteiger partial charge in [-0.05, 0) is 24.1 Å². The quantitative estimate of drug-likeness (QED) is 0.675. The number of aliphatic carboxylic acids is 1. The molecule has 2 aromatic rings. The minimum Gasteiger partial charge on any atom is -0.481 e. The van der Waals surface area contributed by atoms with Gasteiger partial charge < -0.3 is 5.11 Å². The number of nitro benzene ring substituents is 1. The molecule has 0 heterocycles. The first-order chi connectivity index (χ1) is 9.99. The number of hydrogen-bond acceptors (Lipinski definition) is 3. The van der Waals surface area contributed by atoms with Crippen LogP contribution in [0.5, 0.6) is 0 Å². The molecule has 0 saturated carbocycles. The van der Waals surface area contributed by atoms with Crippen LogP contribution in [0, 0.1) is 10.1 Å².